The predicted molar refractivity (Wildman–Crippen MR) is 77.9 cm³/mol. The van der Waals surface area contributed by atoms with Gasteiger partial charge in [0.15, 0.2) is 0 Å². The zero-order valence-electron chi connectivity index (χ0n) is 12.8. The van der Waals surface area contributed by atoms with Crippen molar-refractivity contribution in [3.8, 4) is 0 Å². The summed E-state index contributed by atoms with van der Waals surface area (Å²) in [6.07, 6.45) is -2.99. The van der Waals surface area contributed by atoms with Gasteiger partial charge in [-0.3, -0.25) is 4.84 Å². The maximum Gasteiger partial charge on any atom is 0.497 e. The van der Waals surface area contributed by atoms with Gasteiger partial charge in [-0.05, 0) is 10.7 Å². The minimum Gasteiger partial charge on any atom is -0.316 e. The SMILES string of the molecule is CN1C(=O)[N+](OC(=O)C(F)(F)F)(C2CCNCC2)c2cccnc21. The van der Waals surface area contributed by atoms with Crippen molar-refractivity contribution in [2.45, 2.75) is 25.1 Å². The summed E-state index contributed by atoms with van der Waals surface area (Å²) in [5.74, 6) is -2.20. The van der Waals surface area contributed by atoms with E-state index in [2.05, 4.69) is 10.3 Å². The van der Waals surface area contributed by atoms with Crippen molar-refractivity contribution in [3.63, 3.8) is 0 Å². The van der Waals surface area contributed by atoms with Crippen LogP contribution in [0.4, 0.5) is 29.5 Å². The van der Waals surface area contributed by atoms with Crippen molar-refractivity contribution in [2.75, 3.05) is 25.0 Å². The van der Waals surface area contributed by atoms with Gasteiger partial charge in [0.05, 0.1) is 0 Å². The Balaban J connectivity index is 2.12. The number of quaternary nitrogens is 1. The number of nitrogens with zero attached hydrogens (tertiary/aromatic N) is 3. The average Bonchev–Trinajstić information content (AvgIpc) is 2.78. The molecule has 3 rings (SSSR count). The van der Waals surface area contributed by atoms with Crippen LogP contribution in [-0.4, -0.2) is 49.3 Å². The first kappa shape index (κ1) is 16.7. The molecule has 130 valence electrons. The van der Waals surface area contributed by atoms with E-state index in [1.807, 2.05) is 0 Å². The van der Waals surface area contributed by atoms with Gasteiger partial charge >= 0.3 is 18.2 Å². The molecule has 0 spiro atoms. The molecule has 0 aromatic carbocycles. The maximum atomic E-state index is 12.8. The smallest absolute Gasteiger partial charge is 0.316 e. The van der Waals surface area contributed by atoms with Crippen LogP contribution in [0.5, 0.6) is 0 Å². The summed E-state index contributed by atoms with van der Waals surface area (Å²) in [5.41, 5.74) is 0.148. The number of urea groups is 1. The number of alkyl halides is 3. The van der Waals surface area contributed by atoms with Crippen molar-refractivity contribution < 1.29 is 27.6 Å². The van der Waals surface area contributed by atoms with Crippen LogP contribution in [0.25, 0.3) is 0 Å². The molecule has 1 atom stereocenters. The number of piperidine rings is 1. The average molecular weight is 345 g/mol. The standard InChI is InChI=1S/C14H16F3N4O3/c1-20-11-10(3-2-6-19-11)21(13(20)23,9-4-7-18-8-5-9)24-12(22)14(15,16)17/h2-3,6,9,18H,4-5,7-8H2,1H3/q+1. The predicted octanol–water partition coefficient (Wildman–Crippen LogP) is 1.73. The van der Waals surface area contributed by atoms with Gasteiger partial charge in [0.2, 0.25) is 11.5 Å². The molecule has 0 radical (unpaired) electrons. The van der Waals surface area contributed by atoms with Crippen LogP contribution < -0.4 is 14.9 Å². The highest BCUT2D eigenvalue weighted by Gasteiger charge is 2.63. The van der Waals surface area contributed by atoms with Crippen LogP contribution in [0.3, 0.4) is 0 Å². The number of hydrogen-bond acceptors (Lipinski definition) is 5. The van der Waals surface area contributed by atoms with E-state index in [4.69, 9.17) is 4.84 Å². The van der Waals surface area contributed by atoms with Crippen LogP contribution in [-0.2, 0) is 9.63 Å². The van der Waals surface area contributed by atoms with E-state index in [0.717, 1.165) is 4.90 Å². The Morgan fingerprint density at radius 2 is 2.08 bits per heavy atom. The van der Waals surface area contributed by atoms with E-state index in [9.17, 15) is 22.8 Å². The quantitative estimate of drug-likeness (QED) is 0.827. The van der Waals surface area contributed by atoms with Gasteiger partial charge in [-0.1, -0.05) is 0 Å². The monoisotopic (exact) mass is 345 g/mol. The van der Waals surface area contributed by atoms with Gasteiger partial charge in [-0.15, -0.1) is 0 Å². The third-order valence-corrected chi connectivity index (χ3v) is 4.29. The van der Waals surface area contributed by atoms with Crippen molar-refractivity contribution in [3.05, 3.63) is 18.3 Å². The molecule has 1 fully saturated rings. The lowest BCUT2D eigenvalue weighted by Gasteiger charge is -2.36. The molecular weight excluding hydrogens is 329 g/mol. The summed E-state index contributed by atoms with van der Waals surface area (Å²) in [7, 11) is 1.40. The summed E-state index contributed by atoms with van der Waals surface area (Å²) in [5, 5.41) is 3.08. The summed E-state index contributed by atoms with van der Waals surface area (Å²) in [6, 6.07) is 1.60. The van der Waals surface area contributed by atoms with Crippen molar-refractivity contribution in [1.29, 1.82) is 0 Å². The van der Waals surface area contributed by atoms with E-state index in [1.165, 1.54) is 25.4 Å². The third-order valence-electron chi connectivity index (χ3n) is 4.29. The highest BCUT2D eigenvalue weighted by Crippen LogP contribution is 2.45. The van der Waals surface area contributed by atoms with E-state index >= 15 is 0 Å². The number of pyridine rings is 1. The molecule has 0 saturated carbocycles. The van der Waals surface area contributed by atoms with E-state index in [0.29, 0.717) is 25.9 Å². The van der Waals surface area contributed by atoms with Crippen LogP contribution in [0, 0.1) is 0 Å². The molecule has 24 heavy (non-hydrogen) atoms. The van der Waals surface area contributed by atoms with Crippen molar-refractivity contribution >= 4 is 23.5 Å². The molecule has 2 aliphatic rings. The van der Waals surface area contributed by atoms with E-state index in [-0.39, 0.29) is 11.5 Å². The lowest BCUT2D eigenvalue weighted by atomic mass is 10.0. The number of halogens is 3. The third kappa shape index (κ3) is 2.42. The first-order valence-electron chi connectivity index (χ1n) is 7.42. The largest absolute Gasteiger partial charge is 0.497 e. The molecule has 1 saturated heterocycles. The highest BCUT2D eigenvalue weighted by atomic mass is 19.4. The Kier molecular flexibility index (Phi) is 3.96. The normalized spacial score (nSPS) is 24.8. The number of carbonyl (C=O) groups excluding carboxylic acids is 2. The number of amides is 2. The number of aromatic nitrogens is 1. The van der Waals surface area contributed by atoms with Gasteiger partial charge in [0, 0.05) is 45.2 Å². The van der Waals surface area contributed by atoms with Gasteiger partial charge in [0.25, 0.3) is 0 Å². The zero-order valence-corrected chi connectivity index (χ0v) is 12.8. The number of anilines is 1. The number of nitrogens with one attached hydrogen (secondary N) is 1. The second kappa shape index (κ2) is 5.71. The van der Waals surface area contributed by atoms with Crippen LogP contribution >= 0.6 is 0 Å². The Morgan fingerprint density at radius 3 is 2.71 bits per heavy atom. The molecule has 2 aliphatic heterocycles. The molecule has 1 aromatic rings. The molecule has 10 heteroatoms. The fourth-order valence-corrected chi connectivity index (χ4v) is 3.19. The van der Waals surface area contributed by atoms with E-state index < -0.39 is 28.9 Å². The van der Waals surface area contributed by atoms with Crippen molar-refractivity contribution in [2.24, 2.45) is 0 Å². The summed E-state index contributed by atoms with van der Waals surface area (Å²) >= 11 is 0. The summed E-state index contributed by atoms with van der Waals surface area (Å²) in [6.45, 7) is 1.03. The number of fused-ring (bicyclic) bond motifs is 1. The second-order valence-corrected chi connectivity index (χ2v) is 5.70. The Morgan fingerprint density at radius 1 is 1.42 bits per heavy atom. The molecule has 2 amide bonds. The number of hydrogen-bond donors (Lipinski definition) is 1. The Hall–Kier alpha value is -2.20. The lowest BCUT2D eigenvalue weighted by Crippen LogP contribution is -2.64. The minimum atomic E-state index is -5.19. The zero-order chi connectivity index (χ0) is 17.5. The first-order valence-corrected chi connectivity index (χ1v) is 7.42. The fourth-order valence-electron chi connectivity index (χ4n) is 3.19. The van der Waals surface area contributed by atoms with Crippen LogP contribution in [0.1, 0.15) is 12.8 Å². The number of carbonyl (C=O) groups is 2. The highest BCUT2D eigenvalue weighted by molar-refractivity contribution is 6.08. The van der Waals surface area contributed by atoms with Crippen molar-refractivity contribution in [1.82, 2.24) is 14.9 Å². The lowest BCUT2D eigenvalue weighted by molar-refractivity contribution is -0.230. The molecule has 0 bridgehead atoms. The number of rotatable bonds is 2. The summed E-state index contributed by atoms with van der Waals surface area (Å²) in [4.78, 5) is 34.4. The van der Waals surface area contributed by atoms with Gasteiger partial charge < -0.3 is 5.32 Å². The summed E-state index contributed by atoms with van der Waals surface area (Å²) < 4.78 is 37.3. The fraction of sp³-hybridized carbons (Fsp3) is 0.500. The molecule has 1 unspecified atom stereocenters. The molecule has 7 nitrogen and oxygen atoms in total. The maximum absolute atomic E-state index is 12.8. The van der Waals surface area contributed by atoms with Crippen LogP contribution in [0.2, 0.25) is 0 Å². The minimum absolute atomic E-state index is 0.148. The van der Waals surface area contributed by atoms with Gasteiger partial charge in [-0.25, -0.2) is 19.5 Å². The second-order valence-electron chi connectivity index (χ2n) is 5.70. The number of hydroxylamine groups is 2. The molecule has 1 N–H and O–H groups in total. The first-order chi connectivity index (χ1) is 11.3. The Bertz CT molecular complexity index is 675. The van der Waals surface area contributed by atoms with E-state index in [1.54, 1.807) is 0 Å². The molecule has 0 aliphatic carbocycles. The molecule has 1 aromatic heterocycles. The van der Waals surface area contributed by atoms with Gasteiger partial charge in [-0.2, -0.15) is 13.2 Å². The van der Waals surface area contributed by atoms with Crippen LogP contribution in [0.15, 0.2) is 18.3 Å². The topological polar surface area (TPSA) is 71.5 Å². The molecular formula is C14H16F3N4O3+. The van der Waals surface area contributed by atoms with Gasteiger partial charge in [0.1, 0.15) is 6.04 Å². The Labute approximate surface area is 135 Å². The molecule has 3 heterocycles.